The first kappa shape index (κ1) is 52.6. The predicted molar refractivity (Wildman–Crippen MR) is 246 cm³/mol. The molecule has 0 nitrogen and oxygen atoms in total. The van der Waals surface area contributed by atoms with Crippen molar-refractivity contribution in [3.05, 3.63) is 0 Å². The molecule has 0 unspecified atom stereocenters. The predicted octanol–water partition coefficient (Wildman–Crippen LogP) is 19.8. The van der Waals surface area contributed by atoms with Gasteiger partial charge in [0, 0.05) is 12.8 Å². The van der Waals surface area contributed by atoms with Crippen molar-refractivity contribution in [3.63, 3.8) is 0 Å². The lowest BCUT2D eigenvalue weighted by atomic mass is 10.0. The smallest absolute Gasteiger partial charge is 0.0972 e. The average molecular weight is 754 g/mol. The summed E-state index contributed by atoms with van der Waals surface area (Å²) in [6.07, 6.45) is 65.7. The van der Waals surface area contributed by atoms with Crippen molar-refractivity contribution in [2.24, 2.45) is 0 Å². The monoisotopic (exact) mass is 754 g/mol. The Bertz CT molecular complexity index is 698. The minimum Gasteiger partial charge on any atom is -0.0972 e. The third kappa shape index (κ3) is 51.5. The van der Waals surface area contributed by atoms with Crippen LogP contribution in [0.3, 0.4) is 0 Å². The van der Waals surface area contributed by atoms with Gasteiger partial charge in [-0.25, -0.2) is 0 Å². The lowest BCUT2D eigenvalue weighted by molar-refractivity contribution is 0.519. The van der Waals surface area contributed by atoms with Crippen molar-refractivity contribution in [1.82, 2.24) is 0 Å². The molecule has 0 aromatic heterocycles. The highest BCUT2D eigenvalue weighted by Crippen LogP contribution is 2.17. The quantitative estimate of drug-likeness (QED) is 0.0330. The Balaban J connectivity index is 3.18. The summed E-state index contributed by atoms with van der Waals surface area (Å²) in [6, 6.07) is 0. The van der Waals surface area contributed by atoms with Crippen LogP contribution in [0.5, 0.6) is 0 Å². The summed E-state index contributed by atoms with van der Waals surface area (Å²) >= 11 is 0. The van der Waals surface area contributed by atoms with Gasteiger partial charge in [0.05, 0.1) is 8.58 Å². The van der Waals surface area contributed by atoms with Crippen molar-refractivity contribution in [2.75, 3.05) is 0 Å². The van der Waals surface area contributed by atoms with E-state index < -0.39 is 0 Å². The second kappa shape index (κ2) is 51.5. The van der Waals surface area contributed by atoms with Gasteiger partial charge in [-0.15, -0.1) is 0 Å². The maximum absolute atomic E-state index is 3.35. The first-order valence-electron chi connectivity index (χ1n) is 25.1. The zero-order valence-corrected chi connectivity index (χ0v) is 37.9. The van der Waals surface area contributed by atoms with Crippen LogP contribution in [0.2, 0.25) is 0 Å². The molecule has 0 heterocycles. The maximum atomic E-state index is 3.35. The molecule has 0 N–H and O–H groups in total. The number of hydrogen-bond acceptors (Lipinski definition) is 0. The van der Waals surface area contributed by atoms with Gasteiger partial charge in [-0.05, 0) is 12.8 Å². The fourth-order valence-corrected chi connectivity index (χ4v) is 8.30. The van der Waals surface area contributed by atoms with Gasteiger partial charge in [-0.1, -0.05) is 307 Å². The Morgan fingerprint density at radius 3 is 0.528 bits per heavy atom. The molecule has 311 valence electrons. The summed E-state index contributed by atoms with van der Waals surface area (Å²) in [7, 11) is 1.02. The van der Waals surface area contributed by atoms with Gasteiger partial charge < -0.3 is 0 Å². The third-order valence-electron chi connectivity index (χ3n) is 11.6. The molecule has 0 saturated carbocycles. The van der Waals surface area contributed by atoms with Gasteiger partial charge >= 0.3 is 0 Å². The number of unbranched alkanes of at least 4 members (excludes halogenated alkanes) is 44. The Hall–Kier alpha value is -0.450. The van der Waals surface area contributed by atoms with E-state index in [0.717, 1.165) is 21.4 Å². The first-order chi connectivity index (χ1) is 26.4. The maximum Gasteiger partial charge on any atom is 0.0995 e. The second-order valence-electron chi connectivity index (χ2n) is 17.0. The number of hydrogen-bond donors (Lipinski definition) is 0. The van der Waals surface area contributed by atoms with Crippen molar-refractivity contribution >= 4 is 8.58 Å². The summed E-state index contributed by atoms with van der Waals surface area (Å²) in [6.45, 7) is 4.61. The molecule has 0 spiro atoms. The molecule has 1 heteroatoms. The van der Waals surface area contributed by atoms with E-state index in [0.29, 0.717) is 0 Å². The molecule has 0 aliphatic heterocycles. The van der Waals surface area contributed by atoms with E-state index in [2.05, 4.69) is 37.0 Å². The summed E-state index contributed by atoms with van der Waals surface area (Å²) in [5, 5.41) is 0. The highest BCUT2D eigenvalue weighted by molar-refractivity contribution is 7.49. The SMILES string of the molecule is CCCCCCCCCCCCCCCCCCCCCCCCC#C[P]C#CCCCCCCCCCCCCCCCCCCCCCCCC. The minimum absolute atomic E-state index is 1.02. The normalized spacial score (nSPS) is 11.1. The molecule has 0 aromatic rings. The Labute approximate surface area is 339 Å². The summed E-state index contributed by atoms with van der Waals surface area (Å²) in [4.78, 5) is 0. The van der Waals surface area contributed by atoms with E-state index in [1.165, 1.54) is 283 Å². The fourth-order valence-electron chi connectivity index (χ4n) is 7.86. The Morgan fingerprint density at radius 1 is 0.208 bits per heavy atom. The van der Waals surface area contributed by atoms with Crippen LogP contribution >= 0.6 is 8.58 Å². The first-order valence-corrected chi connectivity index (χ1v) is 26.0. The van der Waals surface area contributed by atoms with Crippen LogP contribution in [-0.2, 0) is 0 Å². The summed E-state index contributed by atoms with van der Waals surface area (Å²) in [5.41, 5.74) is 6.53. The molecule has 1 radical (unpaired) electrons. The second-order valence-corrected chi connectivity index (χ2v) is 17.7. The van der Waals surface area contributed by atoms with Crippen molar-refractivity contribution in [3.8, 4) is 23.2 Å². The van der Waals surface area contributed by atoms with E-state index in [9.17, 15) is 0 Å². The summed E-state index contributed by atoms with van der Waals surface area (Å²) < 4.78 is 0. The van der Waals surface area contributed by atoms with Crippen LogP contribution in [0.25, 0.3) is 0 Å². The standard InChI is InChI=1S/C52H98P/c1-3-5-7-9-11-13-15-17-19-21-23-25-27-29-31-33-35-37-39-41-43-45-47-49-51-53-52-50-48-46-44-42-40-38-36-34-32-30-28-26-24-22-20-18-16-14-12-10-8-6-4-2/h3-48H2,1-2H3. The third-order valence-corrected chi connectivity index (χ3v) is 12.1. The lowest BCUT2D eigenvalue weighted by Crippen LogP contribution is -1.84. The molecular weight excluding hydrogens is 656 g/mol. The zero-order valence-electron chi connectivity index (χ0n) is 37.0. The minimum atomic E-state index is 1.02. The molecule has 0 aromatic carbocycles. The molecule has 0 saturated heterocycles. The molecular formula is C52H98P. The van der Waals surface area contributed by atoms with E-state index in [-0.39, 0.29) is 0 Å². The average Bonchev–Trinajstić information content (AvgIpc) is 3.17. The Morgan fingerprint density at radius 2 is 0.358 bits per heavy atom. The van der Waals surface area contributed by atoms with Crippen LogP contribution in [0, 0.1) is 23.2 Å². The van der Waals surface area contributed by atoms with Crippen LogP contribution in [0.15, 0.2) is 0 Å². The highest BCUT2D eigenvalue weighted by Gasteiger charge is 1.98. The highest BCUT2D eigenvalue weighted by atomic mass is 31.1. The van der Waals surface area contributed by atoms with Crippen LogP contribution in [-0.4, -0.2) is 0 Å². The Kier molecular flexibility index (Phi) is 51.1. The molecule has 0 atom stereocenters. The van der Waals surface area contributed by atoms with Gasteiger partial charge in [0.1, 0.15) is 0 Å². The van der Waals surface area contributed by atoms with Crippen LogP contribution in [0.1, 0.15) is 309 Å². The van der Waals surface area contributed by atoms with Gasteiger partial charge in [-0.2, -0.15) is 0 Å². The molecule has 0 fully saturated rings. The topological polar surface area (TPSA) is 0 Å². The molecule has 0 aliphatic carbocycles. The molecule has 0 aliphatic rings. The van der Waals surface area contributed by atoms with Gasteiger partial charge in [0.15, 0.2) is 0 Å². The van der Waals surface area contributed by atoms with Crippen LogP contribution in [0.4, 0.5) is 0 Å². The molecule has 0 bridgehead atoms. The van der Waals surface area contributed by atoms with Gasteiger partial charge in [0.25, 0.3) is 0 Å². The summed E-state index contributed by atoms with van der Waals surface area (Å²) in [5.74, 6) is 6.70. The van der Waals surface area contributed by atoms with E-state index in [1.54, 1.807) is 0 Å². The van der Waals surface area contributed by atoms with Gasteiger partial charge in [0.2, 0.25) is 0 Å². The molecule has 53 heavy (non-hydrogen) atoms. The van der Waals surface area contributed by atoms with E-state index >= 15 is 0 Å². The zero-order chi connectivity index (χ0) is 38.1. The van der Waals surface area contributed by atoms with Crippen molar-refractivity contribution < 1.29 is 0 Å². The lowest BCUT2D eigenvalue weighted by Gasteiger charge is -2.04. The largest absolute Gasteiger partial charge is 0.0995 e. The van der Waals surface area contributed by atoms with E-state index in [4.69, 9.17) is 0 Å². The molecule has 0 amide bonds. The van der Waals surface area contributed by atoms with Gasteiger partial charge in [-0.3, -0.25) is 0 Å². The molecule has 0 rings (SSSR count). The fraction of sp³-hybridized carbons (Fsp3) is 0.923. The van der Waals surface area contributed by atoms with Crippen molar-refractivity contribution in [1.29, 1.82) is 0 Å². The van der Waals surface area contributed by atoms with Crippen LogP contribution < -0.4 is 0 Å². The van der Waals surface area contributed by atoms with E-state index in [1.807, 2.05) is 0 Å². The number of rotatable bonds is 44. The van der Waals surface area contributed by atoms with Crippen molar-refractivity contribution in [2.45, 2.75) is 309 Å².